The number of rotatable bonds is 13. The molecule has 0 aliphatic carbocycles. The van der Waals surface area contributed by atoms with Crippen molar-refractivity contribution in [2.45, 2.75) is 25.7 Å². The number of hydrogen-bond donors (Lipinski definition) is 3. The van der Waals surface area contributed by atoms with Gasteiger partial charge in [-0.2, -0.15) is 0 Å². The van der Waals surface area contributed by atoms with Gasteiger partial charge in [0, 0.05) is 60.4 Å². The largest absolute Gasteiger partial charge is 0.573 e. The quantitative estimate of drug-likeness (QED) is 0.147. The number of halogens is 4. The van der Waals surface area contributed by atoms with Crippen LogP contribution in [-0.4, -0.2) is 48.5 Å². The Hall–Kier alpha value is -3.67. The van der Waals surface area contributed by atoms with Crippen LogP contribution in [0.2, 0.25) is 5.02 Å². The van der Waals surface area contributed by atoms with Crippen molar-refractivity contribution in [1.82, 2.24) is 15.3 Å². The first kappa shape index (κ1) is 28.3. The van der Waals surface area contributed by atoms with E-state index in [1.54, 1.807) is 24.5 Å². The molecule has 0 saturated carbocycles. The fraction of sp³-hybridized carbons (Fsp3) is 0.296. The first-order chi connectivity index (χ1) is 18.7. The molecule has 0 bridgehead atoms. The smallest absolute Gasteiger partial charge is 0.404 e. The molecule has 0 aliphatic heterocycles. The number of nitrogens with one attached hydrogen (secondary N) is 2. The number of amides is 1. The van der Waals surface area contributed by atoms with Crippen LogP contribution >= 0.6 is 11.6 Å². The molecule has 0 atom stereocenters. The van der Waals surface area contributed by atoms with Crippen LogP contribution in [0.25, 0.3) is 21.7 Å². The lowest BCUT2D eigenvalue weighted by Gasteiger charge is -2.12. The lowest BCUT2D eigenvalue weighted by molar-refractivity contribution is -0.274. The number of nitrogens with two attached hydrogens (primary N) is 1. The second-order valence-corrected chi connectivity index (χ2v) is 9.12. The molecule has 12 heteroatoms. The Balaban J connectivity index is 1.17. The topological polar surface area (TPSA) is 111 Å². The number of primary amides is 1. The molecule has 4 rings (SSSR count). The third-order valence-corrected chi connectivity index (χ3v) is 6.13. The predicted octanol–water partition coefficient (Wildman–Crippen LogP) is 5.43. The third kappa shape index (κ3) is 7.92. The van der Waals surface area contributed by atoms with E-state index in [2.05, 4.69) is 20.4 Å². The second kappa shape index (κ2) is 12.9. The SMILES string of the molecule is NC(=O)c1ccc2c(c1)nc(NCCCOCCCNCc1ccc(OC(F)(F)F)c(Cl)c1)c1ccncc12. The summed E-state index contributed by atoms with van der Waals surface area (Å²) < 4.78 is 46.6. The fourth-order valence-electron chi connectivity index (χ4n) is 4.01. The van der Waals surface area contributed by atoms with E-state index in [1.165, 1.54) is 18.2 Å². The molecular formula is C27H27ClF3N5O3. The third-order valence-electron chi connectivity index (χ3n) is 5.83. The van der Waals surface area contributed by atoms with Crippen molar-refractivity contribution in [3.05, 3.63) is 71.0 Å². The van der Waals surface area contributed by atoms with Gasteiger partial charge in [0.15, 0.2) is 0 Å². The Morgan fingerprint density at radius 1 is 1.00 bits per heavy atom. The van der Waals surface area contributed by atoms with E-state index < -0.39 is 18.0 Å². The summed E-state index contributed by atoms with van der Waals surface area (Å²) in [5, 5.41) is 9.21. The zero-order chi connectivity index (χ0) is 27.8. The number of anilines is 1. The highest BCUT2D eigenvalue weighted by atomic mass is 35.5. The maximum atomic E-state index is 12.3. The molecule has 8 nitrogen and oxygen atoms in total. The normalized spacial score (nSPS) is 11.7. The highest BCUT2D eigenvalue weighted by molar-refractivity contribution is 6.32. The summed E-state index contributed by atoms with van der Waals surface area (Å²) in [5.41, 5.74) is 7.22. The maximum absolute atomic E-state index is 12.3. The van der Waals surface area contributed by atoms with E-state index in [1.807, 2.05) is 12.1 Å². The highest BCUT2D eigenvalue weighted by Crippen LogP contribution is 2.31. The first-order valence-electron chi connectivity index (χ1n) is 12.2. The van der Waals surface area contributed by atoms with Crippen LogP contribution in [0.4, 0.5) is 19.0 Å². The molecule has 0 saturated heterocycles. The number of carbonyl (C=O) groups excluding carboxylic acids is 1. The van der Waals surface area contributed by atoms with Gasteiger partial charge in [-0.25, -0.2) is 4.98 Å². The molecule has 4 aromatic rings. The average Bonchev–Trinajstić information content (AvgIpc) is 2.90. The average molecular weight is 562 g/mol. The van der Waals surface area contributed by atoms with Gasteiger partial charge in [0.2, 0.25) is 5.91 Å². The van der Waals surface area contributed by atoms with Crippen LogP contribution in [0.1, 0.15) is 28.8 Å². The van der Waals surface area contributed by atoms with E-state index in [-0.39, 0.29) is 5.02 Å². The van der Waals surface area contributed by atoms with Gasteiger partial charge in [-0.3, -0.25) is 9.78 Å². The molecule has 0 aliphatic rings. The number of aromatic nitrogens is 2. The lowest BCUT2D eigenvalue weighted by Crippen LogP contribution is -2.18. The van der Waals surface area contributed by atoms with Gasteiger partial charge < -0.3 is 25.8 Å². The number of fused-ring (bicyclic) bond motifs is 3. The summed E-state index contributed by atoms with van der Waals surface area (Å²) in [7, 11) is 0. The number of hydrogen-bond acceptors (Lipinski definition) is 7. The van der Waals surface area contributed by atoms with Crippen LogP contribution < -0.4 is 21.1 Å². The number of benzene rings is 2. The van der Waals surface area contributed by atoms with Crippen molar-refractivity contribution in [3.8, 4) is 5.75 Å². The monoisotopic (exact) mass is 561 g/mol. The van der Waals surface area contributed by atoms with Crippen LogP contribution in [0.5, 0.6) is 5.75 Å². The Morgan fingerprint density at radius 3 is 2.54 bits per heavy atom. The molecule has 2 heterocycles. The summed E-state index contributed by atoms with van der Waals surface area (Å²) in [6.07, 6.45) is 0.227. The van der Waals surface area contributed by atoms with Gasteiger partial charge in [0.1, 0.15) is 11.6 Å². The lowest BCUT2D eigenvalue weighted by atomic mass is 10.1. The Labute approximate surface area is 227 Å². The van der Waals surface area contributed by atoms with E-state index in [9.17, 15) is 18.0 Å². The molecule has 4 N–H and O–H groups in total. The van der Waals surface area contributed by atoms with Gasteiger partial charge in [-0.15, -0.1) is 13.2 Å². The minimum atomic E-state index is -4.78. The number of pyridine rings is 2. The molecule has 2 aromatic carbocycles. The van der Waals surface area contributed by atoms with Crippen molar-refractivity contribution in [2.75, 3.05) is 31.6 Å². The van der Waals surface area contributed by atoms with Gasteiger partial charge in [-0.05, 0) is 55.3 Å². The van der Waals surface area contributed by atoms with E-state index >= 15 is 0 Å². The van der Waals surface area contributed by atoms with Crippen molar-refractivity contribution in [3.63, 3.8) is 0 Å². The molecule has 1 amide bonds. The van der Waals surface area contributed by atoms with Gasteiger partial charge in [0.05, 0.1) is 10.5 Å². The molecule has 39 heavy (non-hydrogen) atoms. The predicted molar refractivity (Wildman–Crippen MR) is 144 cm³/mol. The standard InChI is InChI=1S/C27H27ClF3N5O3/c28-22-13-17(3-6-24(22)39-27(29,30)31)15-33-8-1-11-38-12-2-9-35-26-20-7-10-34-16-21(20)19-5-4-18(25(32)37)14-23(19)36-26/h3-7,10,13-14,16,33H,1-2,8-9,11-12,15H2,(H2,32,37)(H,35,36). The van der Waals surface area contributed by atoms with Crippen LogP contribution in [0.3, 0.4) is 0 Å². The Morgan fingerprint density at radius 2 is 1.79 bits per heavy atom. The summed E-state index contributed by atoms with van der Waals surface area (Å²) in [4.78, 5) is 20.5. The highest BCUT2D eigenvalue weighted by Gasteiger charge is 2.32. The first-order valence-corrected chi connectivity index (χ1v) is 12.6. The van der Waals surface area contributed by atoms with Crippen LogP contribution in [0, 0.1) is 0 Å². The molecule has 2 aromatic heterocycles. The molecular weight excluding hydrogens is 535 g/mol. The maximum Gasteiger partial charge on any atom is 0.573 e. The van der Waals surface area contributed by atoms with Gasteiger partial charge >= 0.3 is 6.36 Å². The summed E-state index contributed by atoms with van der Waals surface area (Å²) in [5.74, 6) is -0.233. The molecule has 0 fully saturated rings. The Kier molecular flexibility index (Phi) is 9.39. The van der Waals surface area contributed by atoms with Crippen LogP contribution in [-0.2, 0) is 11.3 Å². The summed E-state index contributed by atoms with van der Waals surface area (Å²) >= 11 is 5.87. The number of ether oxygens (including phenoxy) is 2. The molecule has 0 spiro atoms. The fourth-order valence-corrected chi connectivity index (χ4v) is 4.25. The summed E-state index contributed by atoms with van der Waals surface area (Å²) in [6.45, 7) is 2.88. The van der Waals surface area contributed by atoms with Crippen LogP contribution in [0.15, 0.2) is 54.9 Å². The van der Waals surface area contributed by atoms with Crippen molar-refractivity contribution in [1.29, 1.82) is 0 Å². The molecule has 206 valence electrons. The zero-order valence-corrected chi connectivity index (χ0v) is 21.6. The number of carbonyl (C=O) groups is 1. The van der Waals surface area contributed by atoms with Crippen molar-refractivity contribution in [2.24, 2.45) is 5.73 Å². The van der Waals surface area contributed by atoms with Crippen molar-refractivity contribution < 1.29 is 27.4 Å². The zero-order valence-electron chi connectivity index (χ0n) is 20.9. The van der Waals surface area contributed by atoms with E-state index in [0.717, 1.165) is 34.6 Å². The van der Waals surface area contributed by atoms with Crippen molar-refractivity contribution >= 4 is 45.0 Å². The number of nitrogens with zero attached hydrogens (tertiary/aromatic N) is 2. The summed E-state index contributed by atoms with van der Waals surface area (Å²) in [6, 6.07) is 11.3. The van der Waals surface area contributed by atoms with Gasteiger partial charge in [0.25, 0.3) is 0 Å². The molecule has 0 radical (unpaired) electrons. The van der Waals surface area contributed by atoms with Gasteiger partial charge in [-0.1, -0.05) is 23.7 Å². The second-order valence-electron chi connectivity index (χ2n) is 8.71. The Bertz CT molecular complexity index is 1450. The van der Waals surface area contributed by atoms with E-state index in [4.69, 9.17) is 27.1 Å². The van der Waals surface area contributed by atoms with E-state index in [0.29, 0.717) is 49.7 Å². The minimum Gasteiger partial charge on any atom is -0.404 e. The minimum absolute atomic E-state index is 0.0949. The molecule has 0 unspecified atom stereocenters. The number of alkyl halides is 3.